The largest absolute Gasteiger partial charge is 0.371 e. The average molecular weight is 656 g/mol. The van der Waals surface area contributed by atoms with Crippen LogP contribution in [0.3, 0.4) is 0 Å². The molecule has 3 heterocycles. The number of pyridine rings is 2. The Morgan fingerprint density at radius 1 is 0.510 bits per heavy atom. The first-order valence-corrected chi connectivity index (χ1v) is 17.6. The number of aromatic nitrogens is 2. The Kier molecular flexibility index (Phi) is 7.55. The fraction of sp³-hybridized carbons (Fsp3) is 0.0833. The fourth-order valence-electron chi connectivity index (χ4n) is 7.63. The van der Waals surface area contributed by atoms with E-state index in [4.69, 9.17) is 4.98 Å². The Labute approximate surface area is 299 Å². The van der Waals surface area contributed by atoms with Crippen molar-refractivity contribution in [3.8, 4) is 44.5 Å². The summed E-state index contributed by atoms with van der Waals surface area (Å²) in [4.78, 5) is 9.55. The molecule has 0 radical (unpaired) electrons. The summed E-state index contributed by atoms with van der Waals surface area (Å²) in [5, 5.41) is 3.66. The van der Waals surface area contributed by atoms with E-state index in [-0.39, 0.29) is 11.5 Å². The maximum absolute atomic E-state index is 4.94. The molecule has 1 N–H and O–H groups in total. The van der Waals surface area contributed by atoms with Crippen LogP contribution in [0.2, 0.25) is 0 Å². The van der Waals surface area contributed by atoms with Crippen molar-refractivity contribution >= 4 is 11.3 Å². The number of fused-ring (bicyclic) bond motifs is 3. The third-order valence-electron chi connectivity index (χ3n) is 10.5. The lowest BCUT2D eigenvalue weighted by Crippen LogP contribution is -2.23. The van der Waals surface area contributed by atoms with Crippen LogP contribution < -0.4 is 5.32 Å². The van der Waals surface area contributed by atoms with Gasteiger partial charge in [-0.1, -0.05) is 141 Å². The summed E-state index contributed by atoms with van der Waals surface area (Å²) in [5.74, 6) is 0. The molecule has 2 aromatic heterocycles. The Hall–Kier alpha value is -6.32. The number of benzene rings is 5. The van der Waals surface area contributed by atoms with Crippen LogP contribution in [0.4, 0.5) is 0 Å². The Bertz CT molecular complexity index is 2420. The summed E-state index contributed by atoms with van der Waals surface area (Å²) in [7, 11) is 0. The molecule has 0 amide bonds. The molecule has 51 heavy (non-hydrogen) atoms. The van der Waals surface area contributed by atoms with E-state index in [1.165, 1.54) is 50.1 Å². The van der Waals surface area contributed by atoms with Gasteiger partial charge >= 0.3 is 0 Å². The number of nitrogens with one attached hydrogen (secondary N) is 1. The van der Waals surface area contributed by atoms with Gasteiger partial charge in [-0.25, -0.2) is 0 Å². The SMILES string of the molecule is CC1(C)c2ccccc2-c2ccc(-c3ccc(-c4ccc(-c5ccc(C6C=C(c7ccccc7)C=C(c7ccccn7)N6)nc5)cc4)cc3)cc21. The van der Waals surface area contributed by atoms with E-state index in [0.717, 1.165) is 33.8 Å². The van der Waals surface area contributed by atoms with Crippen LogP contribution in [0.15, 0.2) is 176 Å². The Morgan fingerprint density at radius 3 is 1.80 bits per heavy atom. The second kappa shape index (κ2) is 12.5. The average Bonchev–Trinajstić information content (AvgIpc) is 3.44. The van der Waals surface area contributed by atoms with E-state index in [1.54, 1.807) is 0 Å². The molecule has 0 saturated heterocycles. The third kappa shape index (κ3) is 5.67. The Balaban J connectivity index is 0.928. The lowest BCUT2D eigenvalue weighted by Gasteiger charge is -2.24. The van der Waals surface area contributed by atoms with Crippen LogP contribution in [0.5, 0.6) is 0 Å². The standard InChI is InChI=1S/C48H37N3/c1-48(2)42-13-7-6-12-40(42)41-25-23-37(28-43(41)48)35-19-15-33(16-20-35)34-17-21-36(22-18-34)38-24-26-45(50-31-38)47-30-39(32-10-4-3-5-11-32)29-46(51-47)44-14-8-9-27-49-44/h3-31,47,51H,1-2H3. The van der Waals surface area contributed by atoms with Crippen molar-refractivity contribution in [2.24, 2.45) is 0 Å². The summed E-state index contributed by atoms with van der Waals surface area (Å²) in [5.41, 5.74) is 17.8. The van der Waals surface area contributed by atoms with E-state index in [9.17, 15) is 0 Å². The van der Waals surface area contributed by atoms with Crippen molar-refractivity contribution in [3.05, 3.63) is 204 Å². The molecular weight excluding hydrogens is 619 g/mol. The van der Waals surface area contributed by atoms with Crippen LogP contribution in [0.1, 0.15) is 48.0 Å². The minimum absolute atomic E-state index is 0.00384. The summed E-state index contributed by atoms with van der Waals surface area (Å²) in [6, 6.07) is 54.2. The predicted molar refractivity (Wildman–Crippen MR) is 211 cm³/mol. The van der Waals surface area contributed by atoms with Crippen molar-refractivity contribution in [1.82, 2.24) is 15.3 Å². The zero-order valence-electron chi connectivity index (χ0n) is 28.7. The smallest absolute Gasteiger partial charge is 0.0879 e. The van der Waals surface area contributed by atoms with Crippen LogP contribution in [0.25, 0.3) is 55.8 Å². The van der Waals surface area contributed by atoms with Crippen LogP contribution >= 0.6 is 0 Å². The number of rotatable bonds is 6. The zero-order valence-corrected chi connectivity index (χ0v) is 28.7. The minimum atomic E-state index is -0.0822. The van der Waals surface area contributed by atoms with Crippen LogP contribution in [-0.4, -0.2) is 9.97 Å². The van der Waals surface area contributed by atoms with Gasteiger partial charge in [-0.05, 0) is 97.6 Å². The second-order valence-corrected chi connectivity index (χ2v) is 13.9. The highest BCUT2D eigenvalue weighted by molar-refractivity contribution is 5.86. The van der Waals surface area contributed by atoms with Gasteiger partial charge in [0.15, 0.2) is 0 Å². The monoisotopic (exact) mass is 655 g/mol. The molecule has 7 aromatic rings. The van der Waals surface area contributed by atoms with Crippen molar-refractivity contribution in [2.45, 2.75) is 25.3 Å². The van der Waals surface area contributed by atoms with E-state index in [0.29, 0.717) is 0 Å². The molecule has 0 spiro atoms. The number of hydrogen-bond acceptors (Lipinski definition) is 3. The molecule has 2 aliphatic rings. The summed E-state index contributed by atoms with van der Waals surface area (Å²) >= 11 is 0. The van der Waals surface area contributed by atoms with Gasteiger partial charge in [0.2, 0.25) is 0 Å². The molecule has 9 rings (SSSR count). The molecule has 3 heteroatoms. The molecule has 0 bridgehead atoms. The molecule has 0 saturated carbocycles. The number of allylic oxidation sites excluding steroid dienone is 2. The van der Waals surface area contributed by atoms with E-state index >= 15 is 0 Å². The molecule has 1 aliphatic carbocycles. The normalized spacial score (nSPS) is 15.6. The Morgan fingerprint density at radius 2 is 1.12 bits per heavy atom. The van der Waals surface area contributed by atoms with Gasteiger partial charge in [0, 0.05) is 23.4 Å². The molecule has 3 nitrogen and oxygen atoms in total. The summed E-state index contributed by atoms with van der Waals surface area (Å²) in [6.45, 7) is 4.67. The highest BCUT2D eigenvalue weighted by Crippen LogP contribution is 2.49. The third-order valence-corrected chi connectivity index (χ3v) is 10.5. The van der Waals surface area contributed by atoms with Crippen molar-refractivity contribution < 1.29 is 0 Å². The van der Waals surface area contributed by atoms with E-state index in [1.807, 2.05) is 36.7 Å². The highest BCUT2D eigenvalue weighted by Gasteiger charge is 2.35. The lowest BCUT2D eigenvalue weighted by atomic mass is 9.81. The van der Waals surface area contributed by atoms with Crippen molar-refractivity contribution in [3.63, 3.8) is 0 Å². The topological polar surface area (TPSA) is 37.8 Å². The van der Waals surface area contributed by atoms with Gasteiger partial charge in [0.1, 0.15) is 0 Å². The molecule has 244 valence electrons. The highest BCUT2D eigenvalue weighted by atomic mass is 15.0. The number of dihydropyridines is 1. The molecular formula is C48H37N3. The van der Waals surface area contributed by atoms with Crippen molar-refractivity contribution in [2.75, 3.05) is 0 Å². The molecule has 1 atom stereocenters. The van der Waals surface area contributed by atoms with E-state index in [2.05, 4.69) is 164 Å². The minimum Gasteiger partial charge on any atom is -0.371 e. The van der Waals surface area contributed by atoms with Gasteiger partial charge in [0.05, 0.1) is 23.1 Å². The number of hydrogen-bond donors (Lipinski definition) is 1. The van der Waals surface area contributed by atoms with Gasteiger partial charge in [0.25, 0.3) is 0 Å². The lowest BCUT2D eigenvalue weighted by molar-refractivity contribution is 0.660. The maximum Gasteiger partial charge on any atom is 0.0879 e. The van der Waals surface area contributed by atoms with Crippen LogP contribution in [0, 0.1) is 0 Å². The van der Waals surface area contributed by atoms with Gasteiger partial charge in [-0.3, -0.25) is 9.97 Å². The molecule has 0 fully saturated rings. The molecule has 1 unspecified atom stereocenters. The first kappa shape index (κ1) is 30.7. The molecule has 1 aliphatic heterocycles. The van der Waals surface area contributed by atoms with Crippen molar-refractivity contribution in [1.29, 1.82) is 0 Å². The quantitative estimate of drug-likeness (QED) is 0.194. The fourth-order valence-corrected chi connectivity index (χ4v) is 7.63. The van der Waals surface area contributed by atoms with E-state index < -0.39 is 0 Å². The zero-order chi connectivity index (χ0) is 34.4. The predicted octanol–water partition coefficient (Wildman–Crippen LogP) is 11.6. The first-order valence-electron chi connectivity index (χ1n) is 17.6. The van der Waals surface area contributed by atoms with Gasteiger partial charge in [-0.15, -0.1) is 0 Å². The second-order valence-electron chi connectivity index (χ2n) is 13.9. The van der Waals surface area contributed by atoms with Gasteiger partial charge in [-0.2, -0.15) is 0 Å². The summed E-state index contributed by atoms with van der Waals surface area (Å²) < 4.78 is 0. The number of nitrogens with zero attached hydrogens (tertiary/aromatic N) is 2. The summed E-state index contributed by atoms with van der Waals surface area (Å²) in [6.07, 6.45) is 8.22. The maximum atomic E-state index is 4.94. The van der Waals surface area contributed by atoms with Crippen LogP contribution in [-0.2, 0) is 5.41 Å². The molecule has 5 aromatic carbocycles. The van der Waals surface area contributed by atoms with Gasteiger partial charge < -0.3 is 5.32 Å². The first-order chi connectivity index (χ1) is 25.0.